The molecule has 0 bridgehead atoms. The fourth-order valence-corrected chi connectivity index (χ4v) is 9.09. The minimum atomic E-state index is -0.803. The van der Waals surface area contributed by atoms with E-state index in [0.29, 0.717) is 19.3 Å². The predicted molar refractivity (Wildman–Crippen MR) is 343 cm³/mol. The normalized spacial score (nSPS) is 12.9. The van der Waals surface area contributed by atoms with Crippen LogP contribution < -0.4 is 0 Å². The average molecular weight is 1100 g/mol. The molecule has 79 heavy (non-hydrogen) atoms. The first-order valence-corrected chi connectivity index (χ1v) is 33.0. The van der Waals surface area contributed by atoms with E-state index in [2.05, 4.69) is 142 Å². The van der Waals surface area contributed by atoms with Crippen molar-refractivity contribution >= 4 is 17.9 Å². The van der Waals surface area contributed by atoms with Crippen LogP contribution in [0.2, 0.25) is 0 Å². The van der Waals surface area contributed by atoms with Gasteiger partial charge in [-0.15, -0.1) is 0 Å². The van der Waals surface area contributed by atoms with E-state index in [1.165, 1.54) is 116 Å². The second-order valence-corrected chi connectivity index (χ2v) is 21.6. The Hall–Kier alpha value is -4.19. The molecule has 450 valence electrons. The van der Waals surface area contributed by atoms with Gasteiger partial charge in [0.2, 0.25) is 0 Å². The van der Waals surface area contributed by atoms with Gasteiger partial charge in [0.1, 0.15) is 13.2 Å². The Kier molecular flexibility index (Phi) is 62.8. The minimum Gasteiger partial charge on any atom is -0.462 e. The van der Waals surface area contributed by atoms with E-state index in [4.69, 9.17) is 14.2 Å². The number of esters is 3. The summed E-state index contributed by atoms with van der Waals surface area (Å²) in [5.74, 6) is -0.938. The molecule has 0 fully saturated rings. The molecular formula is C73H122O6. The zero-order valence-corrected chi connectivity index (χ0v) is 51.6. The Morgan fingerprint density at radius 3 is 0.785 bits per heavy atom. The zero-order valence-electron chi connectivity index (χ0n) is 51.6. The number of hydrogen-bond donors (Lipinski definition) is 0. The fourth-order valence-electron chi connectivity index (χ4n) is 9.09. The lowest BCUT2D eigenvalue weighted by Gasteiger charge is -2.18. The molecule has 0 radical (unpaired) electrons. The number of rotatable bonds is 59. The first kappa shape index (κ1) is 74.8. The molecule has 0 amide bonds. The van der Waals surface area contributed by atoms with E-state index in [1.807, 2.05) is 0 Å². The van der Waals surface area contributed by atoms with Crippen LogP contribution in [-0.2, 0) is 28.6 Å². The molecule has 6 nitrogen and oxygen atoms in total. The number of unbranched alkanes of at least 4 members (excludes halogenated alkanes) is 28. The van der Waals surface area contributed by atoms with Crippen molar-refractivity contribution in [2.24, 2.45) is 0 Å². The smallest absolute Gasteiger partial charge is 0.306 e. The third-order valence-electron chi connectivity index (χ3n) is 14.0. The molecule has 0 aromatic rings. The number of carbonyl (C=O) groups excluding carboxylic acids is 3. The van der Waals surface area contributed by atoms with Gasteiger partial charge in [0, 0.05) is 19.3 Å². The molecule has 0 saturated heterocycles. The molecular weight excluding hydrogens is 973 g/mol. The molecule has 0 spiro atoms. The quantitative estimate of drug-likeness (QED) is 0.0261. The van der Waals surface area contributed by atoms with Crippen LogP contribution in [0, 0.1) is 0 Å². The van der Waals surface area contributed by atoms with Crippen LogP contribution in [0.1, 0.15) is 303 Å². The van der Waals surface area contributed by atoms with Gasteiger partial charge in [-0.1, -0.05) is 296 Å². The number of carbonyl (C=O) groups is 3. The van der Waals surface area contributed by atoms with Gasteiger partial charge in [0.15, 0.2) is 6.10 Å². The highest BCUT2D eigenvalue weighted by molar-refractivity contribution is 5.71. The number of ether oxygens (including phenoxy) is 3. The van der Waals surface area contributed by atoms with Crippen molar-refractivity contribution in [1.82, 2.24) is 0 Å². The third kappa shape index (κ3) is 64.5. The van der Waals surface area contributed by atoms with E-state index >= 15 is 0 Å². The van der Waals surface area contributed by atoms with Crippen LogP contribution >= 0.6 is 0 Å². The Morgan fingerprint density at radius 2 is 0.494 bits per heavy atom. The molecule has 6 heteroatoms. The molecule has 0 heterocycles. The number of hydrogen-bond acceptors (Lipinski definition) is 6. The van der Waals surface area contributed by atoms with Crippen molar-refractivity contribution in [2.75, 3.05) is 13.2 Å². The summed E-state index contributed by atoms with van der Waals surface area (Å²) in [7, 11) is 0. The van der Waals surface area contributed by atoms with E-state index in [1.54, 1.807) is 0 Å². The lowest BCUT2D eigenvalue weighted by Crippen LogP contribution is -2.30. The van der Waals surface area contributed by atoms with Gasteiger partial charge in [-0.05, 0) is 109 Å². The van der Waals surface area contributed by atoms with Gasteiger partial charge in [0.25, 0.3) is 0 Å². The lowest BCUT2D eigenvalue weighted by molar-refractivity contribution is -0.167. The second kappa shape index (κ2) is 66.3. The van der Waals surface area contributed by atoms with Gasteiger partial charge in [-0.3, -0.25) is 14.4 Å². The number of allylic oxidation sites excluding steroid dienone is 20. The summed E-state index contributed by atoms with van der Waals surface area (Å²) in [6, 6.07) is 0. The van der Waals surface area contributed by atoms with Crippen molar-refractivity contribution in [3.05, 3.63) is 122 Å². The van der Waals surface area contributed by atoms with Crippen molar-refractivity contribution in [1.29, 1.82) is 0 Å². The molecule has 0 N–H and O–H groups in total. The molecule has 0 saturated carbocycles. The van der Waals surface area contributed by atoms with Crippen LogP contribution in [0.25, 0.3) is 0 Å². The van der Waals surface area contributed by atoms with Crippen LogP contribution in [-0.4, -0.2) is 37.2 Å². The Bertz CT molecular complexity index is 1640. The minimum absolute atomic E-state index is 0.0982. The maximum Gasteiger partial charge on any atom is 0.306 e. The van der Waals surface area contributed by atoms with E-state index in [0.717, 1.165) is 148 Å². The second-order valence-electron chi connectivity index (χ2n) is 21.6. The summed E-state index contributed by atoms with van der Waals surface area (Å²) in [6.45, 7) is 6.40. The maximum atomic E-state index is 12.9. The van der Waals surface area contributed by atoms with Gasteiger partial charge in [-0.2, -0.15) is 0 Å². The summed E-state index contributed by atoms with van der Waals surface area (Å²) in [4.78, 5) is 38.4. The fraction of sp³-hybridized carbons (Fsp3) is 0.685. The van der Waals surface area contributed by atoms with Crippen LogP contribution in [0.4, 0.5) is 0 Å². The van der Waals surface area contributed by atoms with E-state index in [9.17, 15) is 14.4 Å². The van der Waals surface area contributed by atoms with Gasteiger partial charge in [-0.25, -0.2) is 0 Å². The highest BCUT2D eigenvalue weighted by Crippen LogP contribution is 2.17. The zero-order chi connectivity index (χ0) is 57.1. The average Bonchev–Trinajstić information content (AvgIpc) is 3.45. The predicted octanol–water partition coefficient (Wildman–Crippen LogP) is 22.8. The summed E-state index contributed by atoms with van der Waals surface area (Å²) < 4.78 is 16.9. The highest BCUT2D eigenvalue weighted by Gasteiger charge is 2.19. The summed E-state index contributed by atoms with van der Waals surface area (Å²) >= 11 is 0. The largest absolute Gasteiger partial charge is 0.462 e. The first-order chi connectivity index (χ1) is 39.0. The van der Waals surface area contributed by atoms with Crippen LogP contribution in [0.3, 0.4) is 0 Å². The molecule has 1 unspecified atom stereocenters. The van der Waals surface area contributed by atoms with Crippen LogP contribution in [0.5, 0.6) is 0 Å². The van der Waals surface area contributed by atoms with E-state index < -0.39 is 6.10 Å². The van der Waals surface area contributed by atoms with Crippen molar-refractivity contribution in [2.45, 2.75) is 309 Å². The highest BCUT2D eigenvalue weighted by atomic mass is 16.6. The molecule has 0 aliphatic rings. The SMILES string of the molecule is CC/C=C\C/C=C\C/C=C\C/C=C\C/C=C\C/C=C\C/C=C\CCCCCC(=O)OCC(COC(=O)CCCCCCC/C=C\C/C=C\C/C=C\CC)OC(=O)CCCCCCCCCCCCCCCCCCCCCCC. The monoisotopic (exact) mass is 1090 g/mol. The molecule has 0 aliphatic heterocycles. The molecule has 0 aromatic heterocycles. The molecule has 0 aromatic carbocycles. The van der Waals surface area contributed by atoms with Crippen molar-refractivity contribution in [3.8, 4) is 0 Å². The Labute approximate surface area is 488 Å². The van der Waals surface area contributed by atoms with Crippen molar-refractivity contribution < 1.29 is 28.6 Å². The topological polar surface area (TPSA) is 78.9 Å². The standard InChI is InChI=1S/C73H122O6/c1-4-7-10-13-16-19-22-25-28-30-32-34-35-36-37-39-40-42-45-48-51-54-57-60-63-66-72(75)78-69-70(68-77-71(74)65-62-59-56-53-50-47-44-27-24-21-18-15-12-9-6-3)79-73(76)67-64-61-58-55-52-49-46-43-41-38-33-31-29-26-23-20-17-14-11-8-5-2/h7,9-10,12,16,18-19,21,25,27-28,32,34,36-37,40,42,44,48,51,70H,4-6,8,11,13-15,17,20,22-24,26,29-31,33,35,38-39,41,43,45-47,49-50,52-69H2,1-3H3/b10-7-,12-9-,19-16-,21-18-,28-25-,34-32-,37-36-,42-40-,44-27-,51-48-. The maximum absolute atomic E-state index is 12.9. The summed E-state index contributed by atoms with van der Waals surface area (Å²) in [6.07, 6.45) is 92.1. The van der Waals surface area contributed by atoms with E-state index in [-0.39, 0.29) is 31.1 Å². The molecule has 0 rings (SSSR count). The Balaban J connectivity index is 4.43. The van der Waals surface area contributed by atoms with Gasteiger partial charge in [0.05, 0.1) is 0 Å². The third-order valence-corrected chi connectivity index (χ3v) is 14.0. The molecule has 1 atom stereocenters. The summed E-state index contributed by atoms with van der Waals surface area (Å²) in [5.41, 5.74) is 0. The summed E-state index contributed by atoms with van der Waals surface area (Å²) in [5, 5.41) is 0. The lowest BCUT2D eigenvalue weighted by atomic mass is 10.0. The van der Waals surface area contributed by atoms with Gasteiger partial charge < -0.3 is 14.2 Å². The van der Waals surface area contributed by atoms with Gasteiger partial charge >= 0.3 is 17.9 Å². The Morgan fingerprint density at radius 1 is 0.266 bits per heavy atom. The molecule has 0 aliphatic carbocycles. The van der Waals surface area contributed by atoms with Crippen molar-refractivity contribution in [3.63, 3.8) is 0 Å². The first-order valence-electron chi connectivity index (χ1n) is 33.0. The van der Waals surface area contributed by atoms with Crippen LogP contribution in [0.15, 0.2) is 122 Å².